The molecule has 10 nitrogen and oxygen atoms in total. The van der Waals surface area contributed by atoms with Crippen molar-refractivity contribution < 1.29 is 29.4 Å². The molecular weight excluding hydrogens is 356 g/mol. The van der Waals surface area contributed by atoms with Crippen molar-refractivity contribution in [3.8, 4) is 0 Å². The molecule has 4 atom stereocenters. The fourth-order valence-corrected chi connectivity index (χ4v) is 2.37. The van der Waals surface area contributed by atoms with Crippen molar-refractivity contribution in [2.24, 2.45) is 17.6 Å². The molecule has 0 rings (SSSR count). The van der Waals surface area contributed by atoms with Crippen molar-refractivity contribution in [1.29, 1.82) is 0 Å². The van der Waals surface area contributed by atoms with Crippen LogP contribution in [0.5, 0.6) is 0 Å². The molecule has 3 amide bonds. The van der Waals surface area contributed by atoms with Crippen LogP contribution in [-0.4, -0.2) is 64.7 Å². The molecule has 0 saturated heterocycles. The van der Waals surface area contributed by atoms with Crippen LogP contribution < -0.4 is 21.7 Å². The summed E-state index contributed by atoms with van der Waals surface area (Å²) in [6.07, 6.45) is -0.980. The molecule has 27 heavy (non-hydrogen) atoms. The number of aliphatic carboxylic acids is 1. The number of hydrogen-bond donors (Lipinski definition) is 6. The Morgan fingerprint density at radius 3 is 1.78 bits per heavy atom. The zero-order valence-electron chi connectivity index (χ0n) is 16.5. The monoisotopic (exact) mass is 388 g/mol. The standard InChI is InChI=1S/C17H32N4O6/c1-8(2)6-11(17(26)27)19-15(24)13(9(3)4)21-16(25)14(10(5)22)20-12(23)7-18/h8-11,13-14,22H,6-7,18H2,1-5H3,(H,19,24)(H,20,23)(H,21,25)(H,26,27)/t10-,11+,13+,14+/m1/s1. The first-order valence-electron chi connectivity index (χ1n) is 8.91. The Balaban J connectivity index is 5.24. The quantitative estimate of drug-likeness (QED) is 0.252. The number of aliphatic hydroxyl groups is 1. The highest BCUT2D eigenvalue weighted by atomic mass is 16.4. The van der Waals surface area contributed by atoms with Crippen LogP contribution in [0, 0.1) is 11.8 Å². The van der Waals surface area contributed by atoms with Crippen LogP contribution in [0.2, 0.25) is 0 Å². The number of nitrogens with one attached hydrogen (secondary N) is 3. The van der Waals surface area contributed by atoms with Gasteiger partial charge < -0.3 is 31.9 Å². The molecule has 0 aliphatic carbocycles. The van der Waals surface area contributed by atoms with Crippen LogP contribution in [0.25, 0.3) is 0 Å². The molecule has 0 unspecified atom stereocenters. The van der Waals surface area contributed by atoms with Gasteiger partial charge in [-0.25, -0.2) is 4.79 Å². The Kier molecular flexibility index (Phi) is 10.6. The smallest absolute Gasteiger partial charge is 0.326 e. The number of carbonyl (C=O) groups excluding carboxylic acids is 3. The second-order valence-corrected chi connectivity index (χ2v) is 7.25. The van der Waals surface area contributed by atoms with E-state index in [-0.39, 0.29) is 24.8 Å². The average Bonchev–Trinajstić information content (AvgIpc) is 2.54. The maximum absolute atomic E-state index is 12.5. The van der Waals surface area contributed by atoms with Crippen LogP contribution in [0.1, 0.15) is 41.0 Å². The number of amides is 3. The van der Waals surface area contributed by atoms with E-state index in [4.69, 9.17) is 5.73 Å². The molecule has 0 aromatic heterocycles. The van der Waals surface area contributed by atoms with Gasteiger partial charge in [0.2, 0.25) is 17.7 Å². The predicted octanol–water partition coefficient (Wildman–Crippen LogP) is -1.43. The second kappa shape index (κ2) is 11.5. The average molecular weight is 388 g/mol. The van der Waals surface area contributed by atoms with Crippen LogP contribution in [0.4, 0.5) is 0 Å². The van der Waals surface area contributed by atoms with Gasteiger partial charge in [0, 0.05) is 0 Å². The lowest BCUT2D eigenvalue weighted by Gasteiger charge is -2.27. The molecule has 0 heterocycles. The Labute approximate surface area is 159 Å². The third-order valence-corrected chi connectivity index (χ3v) is 3.84. The normalized spacial score (nSPS) is 15.6. The van der Waals surface area contributed by atoms with Crippen LogP contribution in [0.3, 0.4) is 0 Å². The van der Waals surface area contributed by atoms with Crippen molar-refractivity contribution in [3.05, 3.63) is 0 Å². The summed E-state index contributed by atoms with van der Waals surface area (Å²) in [4.78, 5) is 47.7. The van der Waals surface area contributed by atoms with Gasteiger partial charge in [0.25, 0.3) is 0 Å². The lowest BCUT2D eigenvalue weighted by Crippen LogP contribution is -2.60. The van der Waals surface area contributed by atoms with E-state index in [0.717, 1.165) is 0 Å². The largest absolute Gasteiger partial charge is 0.480 e. The number of aliphatic hydroxyl groups excluding tert-OH is 1. The lowest BCUT2D eigenvalue weighted by molar-refractivity contribution is -0.143. The fourth-order valence-electron chi connectivity index (χ4n) is 2.37. The van der Waals surface area contributed by atoms with Gasteiger partial charge in [-0.1, -0.05) is 27.7 Å². The van der Waals surface area contributed by atoms with Gasteiger partial charge in [0.05, 0.1) is 12.6 Å². The van der Waals surface area contributed by atoms with E-state index in [0.29, 0.717) is 0 Å². The topological polar surface area (TPSA) is 171 Å². The first-order chi connectivity index (χ1) is 12.4. The highest BCUT2D eigenvalue weighted by molar-refractivity contribution is 5.94. The summed E-state index contributed by atoms with van der Waals surface area (Å²) in [6.45, 7) is 7.97. The van der Waals surface area contributed by atoms with Gasteiger partial charge in [-0.15, -0.1) is 0 Å². The van der Waals surface area contributed by atoms with Gasteiger partial charge in [-0.05, 0) is 25.2 Å². The maximum atomic E-state index is 12.5. The van der Waals surface area contributed by atoms with Gasteiger partial charge >= 0.3 is 5.97 Å². The number of nitrogens with two attached hydrogens (primary N) is 1. The maximum Gasteiger partial charge on any atom is 0.326 e. The number of carbonyl (C=O) groups is 4. The molecule has 156 valence electrons. The molecule has 0 saturated carbocycles. The van der Waals surface area contributed by atoms with Crippen molar-refractivity contribution >= 4 is 23.7 Å². The van der Waals surface area contributed by atoms with Gasteiger partial charge in [-0.3, -0.25) is 14.4 Å². The molecule has 7 N–H and O–H groups in total. The summed E-state index contributed by atoms with van der Waals surface area (Å²) in [5.74, 6) is -3.53. The minimum absolute atomic E-state index is 0.0459. The Morgan fingerprint density at radius 2 is 1.41 bits per heavy atom. The van der Waals surface area contributed by atoms with Gasteiger partial charge in [-0.2, -0.15) is 0 Å². The molecule has 0 aromatic rings. The van der Waals surface area contributed by atoms with E-state index < -0.39 is 47.9 Å². The molecular formula is C17H32N4O6. The van der Waals surface area contributed by atoms with E-state index in [2.05, 4.69) is 16.0 Å². The van der Waals surface area contributed by atoms with Crippen LogP contribution in [-0.2, 0) is 19.2 Å². The number of hydrogen-bond acceptors (Lipinski definition) is 6. The second-order valence-electron chi connectivity index (χ2n) is 7.25. The van der Waals surface area contributed by atoms with Gasteiger partial charge in [0.1, 0.15) is 18.1 Å². The summed E-state index contributed by atoms with van der Waals surface area (Å²) in [6, 6.07) is -3.41. The summed E-state index contributed by atoms with van der Waals surface area (Å²) >= 11 is 0. The molecule has 0 fully saturated rings. The van der Waals surface area contributed by atoms with Crippen LogP contribution >= 0.6 is 0 Å². The predicted molar refractivity (Wildman–Crippen MR) is 98.5 cm³/mol. The molecule has 0 radical (unpaired) electrons. The van der Waals surface area contributed by atoms with E-state index in [1.807, 2.05) is 13.8 Å². The van der Waals surface area contributed by atoms with E-state index in [9.17, 15) is 29.4 Å². The summed E-state index contributed by atoms with van der Waals surface area (Å²) in [5.41, 5.74) is 5.20. The molecule has 0 aromatic carbocycles. The van der Waals surface area contributed by atoms with Crippen molar-refractivity contribution in [1.82, 2.24) is 16.0 Å². The van der Waals surface area contributed by atoms with Gasteiger partial charge in [0.15, 0.2) is 0 Å². The van der Waals surface area contributed by atoms with Crippen molar-refractivity contribution in [3.63, 3.8) is 0 Å². The Bertz CT molecular complexity index is 536. The first kappa shape index (κ1) is 24.8. The molecule has 0 spiro atoms. The molecule has 0 aliphatic heterocycles. The third-order valence-electron chi connectivity index (χ3n) is 3.84. The highest BCUT2D eigenvalue weighted by Gasteiger charge is 2.32. The highest BCUT2D eigenvalue weighted by Crippen LogP contribution is 2.08. The zero-order valence-corrected chi connectivity index (χ0v) is 16.5. The van der Waals surface area contributed by atoms with E-state index >= 15 is 0 Å². The summed E-state index contributed by atoms with van der Waals surface area (Å²) < 4.78 is 0. The third kappa shape index (κ3) is 8.83. The fraction of sp³-hybridized carbons (Fsp3) is 0.765. The number of carboxylic acid groups (broad SMARTS) is 1. The number of rotatable bonds is 11. The molecule has 0 aliphatic rings. The lowest BCUT2D eigenvalue weighted by atomic mass is 9.99. The molecule has 0 bridgehead atoms. The van der Waals surface area contributed by atoms with Crippen LogP contribution in [0.15, 0.2) is 0 Å². The minimum Gasteiger partial charge on any atom is -0.480 e. The van der Waals surface area contributed by atoms with E-state index in [1.165, 1.54) is 6.92 Å². The number of carboxylic acids is 1. The Hall–Kier alpha value is -2.20. The first-order valence-corrected chi connectivity index (χ1v) is 8.91. The summed E-state index contributed by atoms with van der Waals surface area (Å²) in [5, 5.41) is 26.2. The van der Waals surface area contributed by atoms with E-state index in [1.54, 1.807) is 13.8 Å². The van der Waals surface area contributed by atoms with Crippen molar-refractivity contribution in [2.75, 3.05) is 6.54 Å². The SMILES string of the molecule is CC(C)C[C@H](NC(=O)[C@@H](NC(=O)[C@@H](NC(=O)CN)[C@@H](C)O)C(C)C)C(=O)O. The Morgan fingerprint density at radius 1 is 0.889 bits per heavy atom. The summed E-state index contributed by atoms with van der Waals surface area (Å²) in [7, 11) is 0. The minimum atomic E-state index is -1.29. The molecule has 10 heteroatoms. The van der Waals surface area contributed by atoms with Crippen molar-refractivity contribution in [2.45, 2.75) is 65.3 Å². The zero-order chi connectivity index (χ0) is 21.3.